The quantitative estimate of drug-likeness (QED) is 0.639. The zero-order chi connectivity index (χ0) is 22.4. The number of hydrogen-bond acceptors (Lipinski definition) is 4. The number of hydrogen-bond donors (Lipinski definition) is 2. The van der Waals surface area contributed by atoms with Crippen molar-refractivity contribution < 1.29 is 14.3 Å². The highest BCUT2D eigenvalue weighted by Gasteiger charge is 2.53. The third-order valence-corrected chi connectivity index (χ3v) is 6.01. The fourth-order valence-corrected chi connectivity index (χ4v) is 4.04. The predicted octanol–water partition coefficient (Wildman–Crippen LogP) is 4.48. The third kappa shape index (κ3) is 4.08. The number of aryl methyl sites for hydroxylation is 1. The largest absolute Gasteiger partial charge is 0.386 e. The Balaban J connectivity index is 1.62. The molecule has 1 amide bonds. The summed E-state index contributed by atoms with van der Waals surface area (Å²) in [7, 11) is 0. The van der Waals surface area contributed by atoms with Crippen molar-refractivity contribution >= 4 is 5.91 Å². The van der Waals surface area contributed by atoms with E-state index in [9.17, 15) is 14.3 Å². The van der Waals surface area contributed by atoms with Gasteiger partial charge in [0.05, 0.1) is 16.8 Å². The maximum Gasteiger partial charge on any atom is 0.251 e. The minimum absolute atomic E-state index is 0.236. The molecule has 4 rings (SSSR count). The van der Waals surface area contributed by atoms with Crippen molar-refractivity contribution in [1.29, 1.82) is 0 Å². The lowest BCUT2D eigenvalue weighted by atomic mass is 9.92. The van der Waals surface area contributed by atoms with E-state index in [0.717, 1.165) is 28.8 Å². The van der Waals surface area contributed by atoms with Crippen LogP contribution in [0.5, 0.6) is 0 Å². The summed E-state index contributed by atoms with van der Waals surface area (Å²) in [4.78, 5) is 21.7. The third-order valence-electron chi connectivity index (χ3n) is 6.01. The van der Waals surface area contributed by atoms with Gasteiger partial charge in [-0.2, -0.15) is 0 Å². The lowest BCUT2D eigenvalue weighted by molar-refractivity contribution is 0.0790. The van der Waals surface area contributed by atoms with E-state index in [2.05, 4.69) is 22.2 Å². The zero-order valence-electron chi connectivity index (χ0n) is 18.1. The number of rotatable bonds is 5. The molecule has 2 N–H and O–H groups in total. The van der Waals surface area contributed by atoms with Gasteiger partial charge in [0, 0.05) is 29.2 Å². The average molecular weight is 420 g/mol. The van der Waals surface area contributed by atoms with Crippen molar-refractivity contribution in [3.05, 3.63) is 83.1 Å². The minimum atomic E-state index is -1.03. The molecular formula is C25H26FN3O2. The lowest BCUT2D eigenvalue weighted by Gasteiger charge is -2.22. The van der Waals surface area contributed by atoms with E-state index in [1.54, 1.807) is 26.2 Å². The van der Waals surface area contributed by atoms with Crippen LogP contribution < -0.4 is 5.32 Å². The van der Waals surface area contributed by atoms with Crippen molar-refractivity contribution in [1.82, 2.24) is 15.3 Å². The van der Waals surface area contributed by atoms with E-state index in [4.69, 9.17) is 0 Å². The molecule has 31 heavy (non-hydrogen) atoms. The SMILES string of the molecule is Cc1cc(C(C)(C)O)c(-c2ccc([C@]3(NC(=O)c4ccc(F)cc4)C[C@H]3C)cn2)cn1. The molecule has 2 aromatic heterocycles. The Morgan fingerprint density at radius 1 is 1.16 bits per heavy atom. The number of pyridine rings is 2. The monoisotopic (exact) mass is 419 g/mol. The van der Waals surface area contributed by atoms with Gasteiger partial charge in [0.2, 0.25) is 0 Å². The first-order chi connectivity index (χ1) is 14.6. The van der Waals surface area contributed by atoms with Gasteiger partial charge in [-0.3, -0.25) is 14.8 Å². The summed E-state index contributed by atoms with van der Waals surface area (Å²) in [6.45, 7) is 7.45. The van der Waals surface area contributed by atoms with Crippen molar-refractivity contribution in [2.24, 2.45) is 5.92 Å². The van der Waals surface area contributed by atoms with Crippen LogP contribution in [0.2, 0.25) is 0 Å². The first kappa shape index (κ1) is 21.1. The Kier molecular flexibility index (Phi) is 5.13. The standard InChI is InChI=1S/C25H26FN3O2/c1-15-12-25(15,29-23(30)17-5-8-19(26)9-6-17)18-7-10-22(28-13-18)20-14-27-16(2)11-21(20)24(3,4)31/h5-11,13-15,31H,12H2,1-4H3,(H,29,30)/t15-,25+/m1/s1. The number of amides is 1. The summed E-state index contributed by atoms with van der Waals surface area (Å²) in [5, 5.41) is 13.7. The normalized spacial score (nSPS) is 20.4. The van der Waals surface area contributed by atoms with Gasteiger partial charge in [0.15, 0.2) is 0 Å². The second kappa shape index (κ2) is 7.54. The van der Waals surface area contributed by atoms with E-state index in [-0.39, 0.29) is 17.6 Å². The summed E-state index contributed by atoms with van der Waals surface area (Å²) in [6, 6.07) is 11.3. The van der Waals surface area contributed by atoms with Crippen LogP contribution in [-0.2, 0) is 11.1 Å². The maximum absolute atomic E-state index is 13.2. The van der Waals surface area contributed by atoms with Gasteiger partial charge in [-0.1, -0.05) is 13.0 Å². The molecule has 0 bridgehead atoms. The number of nitrogens with zero attached hydrogens (tertiary/aromatic N) is 2. The molecule has 1 aliphatic rings. The van der Waals surface area contributed by atoms with Gasteiger partial charge in [-0.05, 0) is 80.6 Å². The molecule has 6 heteroatoms. The Labute approximate surface area is 181 Å². The molecular weight excluding hydrogens is 393 g/mol. The first-order valence-electron chi connectivity index (χ1n) is 10.3. The van der Waals surface area contributed by atoms with Gasteiger partial charge in [-0.25, -0.2) is 4.39 Å². The molecule has 2 heterocycles. The topological polar surface area (TPSA) is 75.1 Å². The van der Waals surface area contributed by atoms with Crippen LogP contribution in [0.4, 0.5) is 4.39 Å². The zero-order valence-corrected chi connectivity index (χ0v) is 18.1. The molecule has 1 aromatic carbocycles. The molecule has 3 aromatic rings. The molecule has 1 aliphatic carbocycles. The molecule has 5 nitrogen and oxygen atoms in total. The Bertz CT molecular complexity index is 1120. The number of carbonyl (C=O) groups is 1. The van der Waals surface area contributed by atoms with Crippen LogP contribution in [0.25, 0.3) is 11.3 Å². The molecule has 2 atom stereocenters. The number of carbonyl (C=O) groups excluding carboxylic acids is 1. The lowest BCUT2D eigenvalue weighted by Crippen LogP contribution is -2.36. The van der Waals surface area contributed by atoms with Crippen LogP contribution >= 0.6 is 0 Å². The molecule has 1 fully saturated rings. The molecule has 1 saturated carbocycles. The number of nitrogens with one attached hydrogen (secondary N) is 1. The van der Waals surface area contributed by atoms with Gasteiger partial charge < -0.3 is 10.4 Å². The number of benzene rings is 1. The highest BCUT2D eigenvalue weighted by atomic mass is 19.1. The maximum atomic E-state index is 13.2. The van der Waals surface area contributed by atoms with Crippen molar-refractivity contribution in [2.75, 3.05) is 0 Å². The van der Waals surface area contributed by atoms with Crippen LogP contribution in [0.1, 0.15) is 54.4 Å². The fraction of sp³-hybridized carbons (Fsp3) is 0.320. The molecule has 0 unspecified atom stereocenters. The summed E-state index contributed by atoms with van der Waals surface area (Å²) in [5.74, 6) is -0.347. The highest BCUT2D eigenvalue weighted by Crippen LogP contribution is 2.51. The number of halogens is 1. The second-order valence-corrected chi connectivity index (χ2v) is 8.90. The predicted molar refractivity (Wildman–Crippen MR) is 117 cm³/mol. The van der Waals surface area contributed by atoms with Crippen LogP contribution in [0.15, 0.2) is 54.9 Å². The Morgan fingerprint density at radius 3 is 2.39 bits per heavy atom. The highest BCUT2D eigenvalue weighted by molar-refractivity contribution is 5.95. The Hall–Kier alpha value is -3.12. The molecule has 0 radical (unpaired) electrons. The smallest absolute Gasteiger partial charge is 0.251 e. The minimum Gasteiger partial charge on any atom is -0.386 e. The van der Waals surface area contributed by atoms with Gasteiger partial charge in [0.25, 0.3) is 5.91 Å². The molecule has 0 saturated heterocycles. The van der Waals surface area contributed by atoms with E-state index < -0.39 is 11.1 Å². The number of aliphatic hydroxyl groups is 1. The van der Waals surface area contributed by atoms with Crippen LogP contribution in [0.3, 0.4) is 0 Å². The average Bonchev–Trinajstić information content (AvgIpc) is 3.38. The van der Waals surface area contributed by atoms with Gasteiger partial charge >= 0.3 is 0 Å². The summed E-state index contributed by atoms with van der Waals surface area (Å²) in [6.07, 6.45) is 4.32. The molecule has 160 valence electrons. The molecule has 0 aliphatic heterocycles. The van der Waals surface area contributed by atoms with E-state index in [1.165, 1.54) is 24.3 Å². The van der Waals surface area contributed by atoms with Gasteiger partial charge in [-0.15, -0.1) is 0 Å². The Morgan fingerprint density at radius 2 is 1.84 bits per heavy atom. The summed E-state index contributed by atoms with van der Waals surface area (Å²) in [5.41, 5.74) is 2.90. The fourth-order valence-electron chi connectivity index (χ4n) is 4.04. The first-order valence-corrected chi connectivity index (χ1v) is 10.3. The second-order valence-electron chi connectivity index (χ2n) is 8.90. The van der Waals surface area contributed by atoms with E-state index in [0.29, 0.717) is 11.3 Å². The van der Waals surface area contributed by atoms with Crippen LogP contribution in [0, 0.1) is 18.7 Å². The van der Waals surface area contributed by atoms with Crippen LogP contribution in [-0.4, -0.2) is 21.0 Å². The van der Waals surface area contributed by atoms with Crippen molar-refractivity contribution in [3.63, 3.8) is 0 Å². The summed E-state index contributed by atoms with van der Waals surface area (Å²) >= 11 is 0. The van der Waals surface area contributed by atoms with E-state index in [1.807, 2.05) is 25.1 Å². The molecule has 0 spiro atoms. The van der Waals surface area contributed by atoms with Crippen molar-refractivity contribution in [3.8, 4) is 11.3 Å². The number of aromatic nitrogens is 2. The van der Waals surface area contributed by atoms with E-state index >= 15 is 0 Å². The van der Waals surface area contributed by atoms with Crippen molar-refractivity contribution in [2.45, 2.75) is 45.3 Å². The van der Waals surface area contributed by atoms with Gasteiger partial charge in [0.1, 0.15) is 5.82 Å². The summed E-state index contributed by atoms with van der Waals surface area (Å²) < 4.78 is 13.2.